The number of pyridine rings is 1. The van der Waals surface area contributed by atoms with Gasteiger partial charge < -0.3 is 19.4 Å². The van der Waals surface area contributed by atoms with Crippen LogP contribution in [0.4, 0.5) is 0 Å². The van der Waals surface area contributed by atoms with Gasteiger partial charge in [0.1, 0.15) is 5.71 Å². The maximum Gasteiger partial charge on any atom is 0.286 e. The first-order chi connectivity index (χ1) is 15.3. The lowest BCUT2D eigenvalue weighted by Gasteiger charge is -2.33. The number of halogens is 2. The second-order valence-corrected chi connectivity index (χ2v) is 14.7. The molecule has 3 rings (SSSR count). The van der Waals surface area contributed by atoms with Crippen LogP contribution >= 0.6 is 23.2 Å². The first-order valence-corrected chi connectivity index (χ1v) is 13.9. The zero-order chi connectivity index (χ0) is 24.7. The number of aromatic nitrogens is 1. The Kier molecular flexibility index (Phi) is 6.84. The summed E-state index contributed by atoms with van der Waals surface area (Å²) in [6.45, 7) is 12.2. The van der Waals surface area contributed by atoms with Gasteiger partial charge in [0.05, 0.1) is 22.7 Å². The number of primary amides is 1. The molecule has 10 heteroatoms. The monoisotopic (exact) mass is 507 g/mol. The van der Waals surface area contributed by atoms with Crippen molar-refractivity contribution in [3.8, 4) is 16.9 Å². The Morgan fingerprint density at radius 2 is 1.79 bits per heavy atom. The second-order valence-electron chi connectivity index (χ2n) is 9.20. The number of amides is 1. The molecule has 1 amide bonds. The van der Waals surface area contributed by atoms with Crippen LogP contribution in [0.5, 0.6) is 5.75 Å². The Morgan fingerprint density at radius 3 is 2.30 bits per heavy atom. The Morgan fingerprint density at radius 1 is 1.18 bits per heavy atom. The van der Waals surface area contributed by atoms with Crippen LogP contribution < -0.4 is 10.5 Å². The van der Waals surface area contributed by atoms with E-state index in [1.165, 1.54) is 19.5 Å². The molecule has 0 aliphatic carbocycles. The second kappa shape index (κ2) is 9.00. The molecule has 0 aliphatic rings. The standard InChI is InChI=1S/C23H27Cl2N3O4Si/c1-12(28-32-33(6,7)23(2,3)4)20-19(22(26)29)18-13(8-9-16(30-5)21(18)31-20)17-14(24)10-27-11-15(17)25/h8-11H,1-7H3,(H2,26,29). The summed E-state index contributed by atoms with van der Waals surface area (Å²) in [4.78, 5) is 16.7. The fourth-order valence-electron chi connectivity index (χ4n) is 3.07. The largest absolute Gasteiger partial charge is 0.493 e. The molecule has 0 spiro atoms. The number of nitrogens with zero attached hydrogens (tertiary/aromatic N) is 2. The lowest BCUT2D eigenvalue weighted by Crippen LogP contribution is -2.39. The Hall–Kier alpha value is -2.55. The number of hydrogen-bond acceptors (Lipinski definition) is 6. The third-order valence-electron chi connectivity index (χ3n) is 5.94. The Balaban J connectivity index is 2.32. The van der Waals surface area contributed by atoms with Crippen molar-refractivity contribution in [3.63, 3.8) is 0 Å². The molecular formula is C23H27Cl2N3O4Si. The highest BCUT2D eigenvalue weighted by atomic mass is 35.5. The van der Waals surface area contributed by atoms with Gasteiger partial charge in [0.15, 0.2) is 17.1 Å². The number of carbonyl (C=O) groups excluding carboxylic acids is 1. The molecule has 0 radical (unpaired) electrons. The van der Waals surface area contributed by atoms with E-state index in [0.29, 0.717) is 43.6 Å². The van der Waals surface area contributed by atoms with Crippen LogP contribution in [-0.2, 0) is 4.53 Å². The van der Waals surface area contributed by atoms with Gasteiger partial charge in [-0.15, -0.1) is 5.16 Å². The van der Waals surface area contributed by atoms with Crippen LogP contribution in [0.1, 0.15) is 43.8 Å². The van der Waals surface area contributed by atoms with Gasteiger partial charge in [-0.25, -0.2) is 0 Å². The lowest BCUT2D eigenvalue weighted by molar-refractivity contribution is 0.100. The summed E-state index contributed by atoms with van der Waals surface area (Å²) in [5, 5.41) is 5.35. The highest BCUT2D eigenvalue weighted by Crippen LogP contribution is 2.44. The predicted octanol–water partition coefficient (Wildman–Crippen LogP) is 6.65. The highest BCUT2D eigenvalue weighted by Gasteiger charge is 2.40. The van der Waals surface area contributed by atoms with Crippen LogP contribution in [0, 0.1) is 0 Å². The van der Waals surface area contributed by atoms with E-state index in [1.807, 2.05) is 0 Å². The Bertz CT molecular complexity index is 1240. The molecule has 0 saturated heterocycles. The number of nitrogens with two attached hydrogens (primary N) is 1. The summed E-state index contributed by atoms with van der Waals surface area (Å²) in [6.07, 6.45) is 2.95. The average molecular weight is 508 g/mol. The van der Waals surface area contributed by atoms with Crippen LogP contribution in [0.2, 0.25) is 28.2 Å². The fourth-order valence-corrected chi connectivity index (χ4v) is 4.28. The van der Waals surface area contributed by atoms with E-state index in [0.717, 1.165) is 0 Å². The van der Waals surface area contributed by atoms with Crippen molar-refractivity contribution in [3.05, 3.63) is 45.9 Å². The van der Waals surface area contributed by atoms with Crippen molar-refractivity contribution in [2.45, 2.75) is 45.8 Å². The topological polar surface area (TPSA) is 99.9 Å². The van der Waals surface area contributed by atoms with E-state index in [1.54, 1.807) is 19.1 Å². The average Bonchev–Trinajstić information content (AvgIpc) is 3.12. The first kappa shape index (κ1) is 25.1. The number of rotatable bonds is 6. The molecule has 2 N–H and O–H groups in total. The number of carbonyl (C=O) groups is 1. The molecule has 2 heterocycles. The molecular weight excluding hydrogens is 481 g/mol. The number of furan rings is 1. The van der Waals surface area contributed by atoms with Gasteiger partial charge in [0, 0.05) is 23.3 Å². The smallest absolute Gasteiger partial charge is 0.286 e. The quantitative estimate of drug-likeness (QED) is 0.228. The SMILES string of the molecule is COc1ccc(-c2c(Cl)cncc2Cl)c2c(C(N)=O)c(C(C)=NO[Si](C)(C)C(C)(C)C)oc12. The summed E-state index contributed by atoms with van der Waals surface area (Å²) in [5.74, 6) is -0.0772. The zero-order valence-electron chi connectivity index (χ0n) is 19.7. The van der Waals surface area contributed by atoms with Gasteiger partial charge in [0.25, 0.3) is 14.2 Å². The third-order valence-corrected chi connectivity index (χ3v) is 10.7. The number of hydrogen-bond donors (Lipinski definition) is 1. The molecule has 0 aliphatic heterocycles. The summed E-state index contributed by atoms with van der Waals surface area (Å²) in [6, 6.07) is 3.46. The minimum Gasteiger partial charge on any atom is -0.493 e. The summed E-state index contributed by atoms with van der Waals surface area (Å²) < 4.78 is 17.6. The molecule has 0 saturated carbocycles. The molecule has 0 unspecified atom stereocenters. The van der Waals surface area contributed by atoms with Gasteiger partial charge in [-0.2, -0.15) is 0 Å². The van der Waals surface area contributed by atoms with Gasteiger partial charge in [-0.3, -0.25) is 9.78 Å². The molecule has 33 heavy (non-hydrogen) atoms. The van der Waals surface area contributed by atoms with Crippen molar-refractivity contribution in [1.29, 1.82) is 0 Å². The maximum atomic E-state index is 12.7. The molecule has 7 nitrogen and oxygen atoms in total. The predicted molar refractivity (Wildman–Crippen MR) is 135 cm³/mol. The molecule has 3 aromatic rings. The number of oxime groups is 1. The fraction of sp³-hybridized carbons (Fsp3) is 0.348. The molecule has 176 valence electrons. The molecule has 0 bridgehead atoms. The first-order valence-electron chi connectivity index (χ1n) is 10.3. The normalized spacial score (nSPS) is 12.8. The van der Waals surface area contributed by atoms with Gasteiger partial charge in [-0.1, -0.05) is 44.0 Å². The van der Waals surface area contributed by atoms with Crippen molar-refractivity contribution < 1.29 is 18.5 Å². The minimum atomic E-state index is -2.19. The van der Waals surface area contributed by atoms with Crippen molar-refractivity contribution in [2.75, 3.05) is 7.11 Å². The van der Waals surface area contributed by atoms with Crippen molar-refractivity contribution in [1.82, 2.24) is 4.98 Å². The van der Waals surface area contributed by atoms with Gasteiger partial charge in [0.2, 0.25) is 0 Å². The van der Waals surface area contributed by atoms with Crippen LogP contribution in [0.25, 0.3) is 22.1 Å². The lowest BCUT2D eigenvalue weighted by atomic mass is 9.97. The maximum absolute atomic E-state index is 12.7. The number of benzene rings is 1. The Labute approximate surface area is 204 Å². The summed E-state index contributed by atoms with van der Waals surface area (Å²) in [5.41, 5.74) is 7.73. The number of ether oxygens (including phenoxy) is 1. The molecule has 2 aromatic heterocycles. The van der Waals surface area contributed by atoms with Crippen molar-refractivity contribution >= 4 is 54.1 Å². The van der Waals surface area contributed by atoms with E-state index >= 15 is 0 Å². The number of methoxy groups -OCH3 is 1. The van der Waals surface area contributed by atoms with Gasteiger partial charge in [-0.05, 0) is 42.8 Å². The van der Waals surface area contributed by atoms with Gasteiger partial charge >= 0.3 is 0 Å². The molecule has 0 atom stereocenters. The van der Waals surface area contributed by atoms with Crippen LogP contribution in [0.15, 0.2) is 34.1 Å². The number of fused-ring (bicyclic) bond motifs is 1. The van der Waals surface area contributed by atoms with E-state index in [2.05, 4.69) is 44.0 Å². The molecule has 0 fully saturated rings. The summed E-state index contributed by atoms with van der Waals surface area (Å²) in [7, 11) is -0.684. The minimum absolute atomic E-state index is 0.0532. The van der Waals surface area contributed by atoms with Crippen molar-refractivity contribution in [2.24, 2.45) is 10.9 Å². The molecule has 1 aromatic carbocycles. The van der Waals surface area contributed by atoms with Crippen LogP contribution in [-0.4, -0.2) is 32.0 Å². The summed E-state index contributed by atoms with van der Waals surface area (Å²) >= 11 is 12.8. The zero-order valence-corrected chi connectivity index (χ0v) is 22.2. The third kappa shape index (κ3) is 4.60. The van der Waals surface area contributed by atoms with E-state index < -0.39 is 14.2 Å². The van der Waals surface area contributed by atoms with E-state index in [-0.39, 0.29) is 16.4 Å². The van der Waals surface area contributed by atoms with Crippen LogP contribution in [0.3, 0.4) is 0 Å². The van der Waals surface area contributed by atoms with E-state index in [4.69, 9.17) is 42.6 Å². The van der Waals surface area contributed by atoms with E-state index in [9.17, 15) is 4.79 Å². The highest BCUT2D eigenvalue weighted by molar-refractivity contribution is 6.74.